The maximum absolute atomic E-state index is 10.6. The minimum Gasteiger partial charge on any atom is -0.493 e. The number of nitrogens with zero attached hydrogens (tertiary/aromatic N) is 1. The Bertz CT molecular complexity index is 476. The maximum Gasteiger partial charge on any atom is 0.125 e. The van der Waals surface area contributed by atoms with Gasteiger partial charge in [-0.3, -0.25) is 0 Å². The first-order valence-corrected chi connectivity index (χ1v) is 8.53. The third-order valence-electron chi connectivity index (χ3n) is 4.04. The first kappa shape index (κ1) is 17.5. The monoisotopic (exact) mass is 326 g/mol. The second-order valence-electron chi connectivity index (χ2n) is 5.88. The summed E-state index contributed by atoms with van der Waals surface area (Å²) in [6, 6.07) is 3.78. The van der Waals surface area contributed by atoms with Gasteiger partial charge in [0.05, 0.1) is 12.7 Å². The predicted octanol–water partition coefficient (Wildman–Crippen LogP) is 2.77. The summed E-state index contributed by atoms with van der Waals surface area (Å²) in [5.74, 6) is 0.761. The highest BCUT2D eigenvalue weighted by Crippen LogP contribution is 2.33. The summed E-state index contributed by atoms with van der Waals surface area (Å²) in [6.07, 6.45) is 1.10. The summed E-state index contributed by atoms with van der Waals surface area (Å²) in [7, 11) is 0. The fourth-order valence-electron chi connectivity index (χ4n) is 2.66. The number of aliphatic hydroxyl groups is 1. The molecule has 1 atom stereocenters. The van der Waals surface area contributed by atoms with Crippen molar-refractivity contribution in [1.29, 1.82) is 0 Å². The van der Waals surface area contributed by atoms with Gasteiger partial charge in [0.1, 0.15) is 5.75 Å². The molecule has 124 valence electrons. The number of aliphatic hydroxyl groups excluding tert-OH is 1. The Kier molecular flexibility index (Phi) is 6.96. The SMILES string of the molecule is CCCOc1cc(C)c(Cl)cc1C(O)CCN1CCNCC1. The van der Waals surface area contributed by atoms with Gasteiger partial charge in [-0.15, -0.1) is 0 Å². The highest BCUT2D eigenvalue weighted by molar-refractivity contribution is 6.31. The van der Waals surface area contributed by atoms with Gasteiger partial charge in [-0.2, -0.15) is 0 Å². The van der Waals surface area contributed by atoms with E-state index in [-0.39, 0.29) is 0 Å². The van der Waals surface area contributed by atoms with E-state index in [4.69, 9.17) is 16.3 Å². The van der Waals surface area contributed by atoms with Crippen LogP contribution in [-0.2, 0) is 0 Å². The van der Waals surface area contributed by atoms with Gasteiger partial charge in [0.15, 0.2) is 0 Å². The van der Waals surface area contributed by atoms with Crippen molar-refractivity contribution in [3.63, 3.8) is 0 Å². The smallest absolute Gasteiger partial charge is 0.125 e. The third kappa shape index (κ3) is 4.85. The highest BCUT2D eigenvalue weighted by atomic mass is 35.5. The molecule has 0 radical (unpaired) electrons. The fourth-order valence-corrected chi connectivity index (χ4v) is 2.84. The maximum atomic E-state index is 10.6. The Balaban J connectivity index is 2.02. The molecule has 0 aromatic heterocycles. The van der Waals surface area contributed by atoms with Gasteiger partial charge in [0, 0.05) is 43.3 Å². The quantitative estimate of drug-likeness (QED) is 0.808. The van der Waals surface area contributed by atoms with Crippen LogP contribution in [0, 0.1) is 6.92 Å². The van der Waals surface area contributed by atoms with E-state index in [0.29, 0.717) is 18.1 Å². The standard InChI is InChI=1S/C17H27ClN2O2/c1-3-10-22-17-11-13(2)15(18)12-14(17)16(21)4-7-20-8-5-19-6-9-20/h11-12,16,19,21H,3-10H2,1-2H3. The average Bonchev–Trinajstić information content (AvgIpc) is 2.54. The topological polar surface area (TPSA) is 44.7 Å². The summed E-state index contributed by atoms with van der Waals surface area (Å²) in [5, 5.41) is 14.6. The van der Waals surface area contributed by atoms with E-state index in [9.17, 15) is 5.11 Å². The molecular weight excluding hydrogens is 300 g/mol. The van der Waals surface area contributed by atoms with Crippen molar-refractivity contribution in [2.45, 2.75) is 32.8 Å². The van der Waals surface area contributed by atoms with Crippen LogP contribution in [-0.4, -0.2) is 49.3 Å². The number of hydrogen-bond acceptors (Lipinski definition) is 4. The number of piperazine rings is 1. The molecule has 0 amide bonds. The number of aryl methyl sites for hydroxylation is 1. The predicted molar refractivity (Wildman–Crippen MR) is 90.9 cm³/mol. The van der Waals surface area contributed by atoms with Gasteiger partial charge >= 0.3 is 0 Å². The molecule has 4 nitrogen and oxygen atoms in total. The van der Waals surface area contributed by atoms with E-state index in [1.807, 2.05) is 19.1 Å². The normalized spacial score (nSPS) is 17.5. The summed E-state index contributed by atoms with van der Waals surface area (Å²) in [4.78, 5) is 2.38. The molecule has 0 aliphatic carbocycles. The number of rotatable bonds is 7. The van der Waals surface area contributed by atoms with E-state index in [1.165, 1.54) is 0 Å². The average molecular weight is 327 g/mol. The molecule has 1 saturated heterocycles. The van der Waals surface area contributed by atoms with Crippen LogP contribution in [0.2, 0.25) is 5.02 Å². The lowest BCUT2D eigenvalue weighted by Crippen LogP contribution is -2.44. The second-order valence-corrected chi connectivity index (χ2v) is 6.29. The molecule has 1 aromatic rings. The Morgan fingerprint density at radius 1 is 1.36 bits per heavy atom. The lowest BCUT2D eigenvalue weighted by atomic mass is 10.0. The van der Waals surface area contributed by atoms with Crippen molar-refractivity contribution in [1.82, 2.24) is 10.2 Å². The molecule has 1 heterocycles. The van der Waals surface area contributed by atoms with Crippen molar-refractivity contribution in [3.05, 3.63) is 28.3 Å². The number of ether oxygens (including phenoxy) is 1. The van der Waals surface area contributed by atoms with Crippen LogP contribution >= 0.6 is 11.6 Å². The molecule has 0 bridgehead atoms. The van der Waals surface area contributed by atoms with E-state index in [2.05, 4.69) is 17.1 Å². The number of halogens is 1. The molecule has 0 saturated carbocycles. The molecule has 22 heavy (non-hydrogen) atoms. The molecule has 1 fully saturated rings. The van der Waals surface area contributed by atoms with Gasteiger partial charge in [-0.05, 0) is 37.5 Å². The van der Waals surface area contributed by atoms with Crippen LogP contribution in [0.1, 0.15) is 37.0 Å². The minimum absolute atomic E-state index is 0.542. The van der Waals surface area contributed by atoms with Gasteiger partial charge in [0.2, 0.25) is 0 Å². The lowest BCUT2D eigenvalue weighted by Gasteiger charge is -2.28. The fraction of sp³-hybridized carbons (Fsp3) is 0.647. The Hall–Kier alpha value is -0.810. The Labute approximate surface area is 138 Å². The molecular formula is C17H27ClN2O2. The van der Waals surface area contributed by atoms with Crippen molar-refractivity contribution in [2.75, 3.05) is 39.3 Å². The Morgan fingerprint density at radius 2 is 2.09 bits per heavy atom. The van der Waals surface area contributed by atoms with E-state index >= 15 is 0 Å². The molecule has 2 rings (SSSR count). The van der Waals surface area contributed by atoms with Crippen LogP contribution < -0.4 is 10.1 Å². The van der Waals surface area contributed by atoms with Crippen molar-refractivity contribution in [2.24, 2.45) is 0 Å². The van der Waals surface area contributed by atoms with Crippen LogP contribution in [0.5, 0.6) is 5.75 Å². The molecule has 0 spiro atoms. The molecule has 5 heteroatoms. The highest BCUT2D eigenvalue weighted by Gasteiger charge is 2.18. The number of nitrogens with one attached hydrogen (secondary N) is 1. The molecule has 1 aliphatic rings. The van der Waals surface area contributed by atoms with E-state index in [0.717, 1.165) is 56.0 Å². The molecule has 1 unspecified atom stereocenters. The van der Waals surface area contributed by atoms with E-state index < -0.39 is 6.10 Å². The van der Waals surface area contributed by atoms with Crippen LogP contribution in [0.25, 0.3) is 0 Å². The number of hydrogen-bond donors (Lipinski definition) is 2. The van der Waals surface area contributed by atoms with Crippen molar-refractivity contribution < 1.29 is 9.84 Å². The first-order valence-electron chi connectivity index (χ1n) is 8.15. The van der Waals surface area contributed by atoms with Crippen molar-refractivity contribution in [3.8, 4) is 5.75 Å². The van der Waals surface area contributed by atoms with Crippen LogP contribution in [0.3, 0.4) is 0 Å². The zero-order chi connectivity index (χ0) is 15.9. The first-order chi connectivity index (χ1) is 10.6. The summed E-state index contributed by atoms with van der Waals surface area (Å²) in [6.45, 7) is 9.71. The summed E-state index contributed by atoms with van der Waals surface area (Å²) in [5.41, 5.74) is 1.78. The lowest BCUT2D eigenvalue weighted by molar-refractivity contribution is 0.133. The van der Waals surface area contributed by atoms with Crippen molar-refractivity contribution >= 4 is 11.6 Å². The number of benzene rings is 1. The second kappa shape index (κ2) is 8.73. The zero-order valence-corrected chi connectivity index (χ0v) is 14.3. The Morgan fingerprint density at radius 3 is 2.77 bits per heavy atom. The van der Waals surface area contributed by atoms with Gasteiger partial charge in [-0.1, -0.05) is 18.5 Å². The molecule has 1 aromatic carbocycles. The van der Waals surface area contributed by atoms with Crippen LogP contribution in [0.15, 0.2) is 12.1 Å². The largest absolute Gasteiger partial charge is 0.493 e. The van der Waals surface area contributed by atoms with Gasteiger partial charge in [0.25, 0.3) is 0 Å². The van der Waals surface area contributed by atoms with E-state index in [1.54, 1.807) is 0 Å². The third-order valence-corrected chi connectivity index (χ3v) is 4.45. The summed E-state index contributed by atoms with van der Waals surface area (Å²) >= 11 is 6.23. The zero-order valence-electron chi connectivity index (χ0n) is 13.6. The van der Waals surface area contributed by atoms with Gasteiger partial charge < -0.3 is 20.1 Å². The van der Waals surface area contributed by atoms with Crippen LogP contribution in [0.4, 0.5) is 0 Å². The minimum atomic E-state index is -0.542. The molecule has 2 N–H and O–H groups in total. The summed E-state index contributed by atoms with van der Waals surface area (Å²) < 4.78 is 5.79. The molecule has 1 aliphatic heterocycles. The van der Waals surface area contributed by atoms with Gasteiger partial charge in [-0.25, -0.2) is 0 Å².